The second-order valence-electron chi connectivity index (χ2n) is 4.44. The van der Waals surface area contributed by atoms with Crippen molar-refractivity contribution in [3.05, 3.63) is 25.3 Å². The van der Waals surface area contributed by atoms with E-state index in [9.17, 15) is 4.79 Å². The zero-order valence-corrected chi connectivity index (χ0v) is 11.1. The Hall–Kier alpha value is -0.800. The lowest BCUT2D eigenvalue weighted by Gasteiger charge is -2.22. The lowest BCUT2D eigenvalue weighted by molar-refractivity contribution is -0.131. The fourth-order valence-electron chi connectivity index (χ4n) is 2.26. The molecule has 1 saturated carbocycles. The predicted octanol–water partition coefficient (Wildman–Crippen LogP) is 2.13. The molecule has 1 rings (SSSR count). The summed E-state index contributed by atoms with van der Waals surface area (Å²) >= 11 is 0. The van der Waals surface area contributed by atoms with Crippen LogP contribution in [0.2, 0.25) is 0 Å². The summed E-state index contributed by atoms with van der Waals surface area (Å²) in [5, 5.41) is 0. The van der Waals surface area contributed by atoms with Crippen molar-refractivity contribution in [1.82, 2.24) is 4.90 Å². The third-order valence-corrected chi connectivity index (χ3v) is 3.21. The highest BCUT2D eigenvalue weighted by atomic mass is 35.5. The molecule has 0 bridgehead atoms. The van der Waals surface area contributed by atoms with E-state index < -0.39 is 0 Å². The number of carbonyl (C=O) groups is 1. The van der Waals surface area contributed by atoms with Crippen molar-refractivity contribution < 1.29 is 4.79 Å². The molecular weight excluding hydrogens is 236 g/mol. The van der Waals surface area contributed by atoms with E-state index in [1.807, 2.05) is 0 Å². The van der Waals surface area contributed by atoms with Crippen molar-refractivity contribution in [2.24, 2.45) is 11.7 Å². The molecule has 2 N–H and O–H groups in total. The molecule has 3 nitrogen and oxygen atoms in total. The highest BCUT2D eigenvalue weighted by Crippen LogP contribution is 2.27. The average Bonchev–Trinajstić information content (AvgIpc) is 2.64. The summed E-state index contributed by atoms with van der Waals surface area (Å²) in [6.07, 6.45) is 7.36. The van der Waals surface area contributed by atoms with Crippen LogP contribution in [0.1, 0.15) is 25.7 Å². The minimum absolute atomic E-state index is 0. The lowest BCUT2D eigenvalue weighted by Crippen LogP contribution is -2.35. The molecule has 98 valence electrons. The number of halogens is 1. The molecule has 0 aromatic heterocycles. The van der Waals surface area contributed by atoms with E-state index in [2.05, 4.69) is 13.2 Å². The second-order valence-corrected chi connectivity index (χ2v) is 4.44. The van der Waals surface area contributed by atoms with Gasteiger partial charge < -0.3 is 10.6 Å². The molecule has 1 fully saturated rings. The molecule has 17 heavy (non-hydrogen) atoms. The first-order valence-electron chi connectivity index (χ1n) is 5.94. The Morgan fingerprint density at radius 3 is 2.29 bits per heavy atom. The molecule has 1 amide bonds. The van der Waals surface area contributed by atoms with Crippen LogP contribution in [0.15, 0.2) is 25.3 Å². The zero-order chi connectivity index (χ0) is 12.0. The Morgan fingerprint density at radius 1 is 1.29 bits per heavy atom. The van der Waals surface area contributed by atoms with Crippen molar-refractivity contribution >= 4 is 18.3 Å². The van der Waals surface area contributed by atoms with E-state index in [1.54, 1.807) is 17.1 Å². The van der Waals surface area contributed by atoms with Crippen LogP contribution >= 0.6 is 12.4 Å². The Kier molecular flexibility index (Phi) is 7.92. The van der Waals surface area contributed by atoms with Crippen LogP contribution in [-0.4, -0.2) is 29.9 Å². The van der Waals surface area contributed by atoms with Crippen LogP contribution < -0.4 is 5.73 Å². The number of hydrogen-bond donors (Lipinski definition) is 1. The van der Waals surface area contributed by atoms with Gasteiger partial charge >= 0.3 is 0 Å². The zero-order valence-electron chi connectivity index (χ0n) is 10.3. The van der Waals surface area contributed by atoms with Crippen LogP contribution in [0.5, 0.6) is 0 Å². The van der Waals surface area contributed by atoms with Gasteiger partial charge in [0.15, 0.2) is 0 Å². The van der Waals surface area contributed by atoms with Gasteiger partial charge in [-0.25, -0.2) is 0 Å². The molecule has 0 spiro atoms. The largest absolute Gasteiger partial charge is 0.335 e. The number of nitrogens with two attached hydrogens (primary N) is 1. The Balaban J connectivity index is 0.00000256. The summed E-state index contributed by atoms with van der Waals surface area (Å²) in [4.78, 5) is 13.8. The smallest absolute Gasteiger partial charge is 0.223 e. The van der Waals surface area contributed by atoms with Gasteiger partial charge in [0, 0.05) is 25.6 Å². The van der Waals surface area contributed by atoms with E-state index in [0.29, 0.717) is 25.4 Å². The third-order valence-electron chi connectivity index (χ3n) is 3.21. The molecule has 2 atom stereocenters. The van der Waals surface area contributed by atoms with Crippen LogP contribution in [0.3, 0.4) is 0 Å². The molecule has 4 heteroatoms. The monoisotopic (exact) mass is 258 g/mol. The summed E-state index contributed by atoms with van der Waals surface area (Å²) in [5.74, 6) is 0.534. The average molecular weight is 259 g/mol. The van der Waals surface area contributed by atoms with Crippen LogP contribution in [0.4, 0.5) is 0 Å². The molecule has 0 saturated heterocycles. The van der Waals surface area contributed by atoms with Gasteiger partial charge in [-0.3, -0.25) is 4.79 Å². The third kappa shape index (κ3) is 4.92. The highest BCUT2D eigenvalue weighted by Gasteiger charge is 2.27. The van der Waals surface area contributed by atoms with Gasteiger partial charge in [0.2, 0.25) is 5.91 Å². The van der Waals surface area contributed by atoms with E-state index in [0.717, 1.165) is 19.3 Å². The maximum atomic E-state index is 12.0. The molecule has 0 aliphatic heterocycles. The molecule has 0 radical (unpaired) electrons. The number of carbonyl (C=O) groups excluding carboxylic acids is 1. The molecule has 1 aliphatic rings. The first kappa shape index (κ1) is 16.2. The van der Waals surface area contributed by atoms with Crippen LogP contribution in [0.25, 0.3) is 0 Å². The highest BCUT2D eigenvalue weighted by molar-refractivity contribution is 5.85. The van der Waals surface area contributed by atoms with Gasteiger partial charge in [0.25, 0.3) is 0 Å². The first-order valence-corrected chi connectivity index (χ1v) is 5.94. The van der Waals surface area contributed by atoms with E-state index in [4.69, 9.17) is 5.73 Å². The van der Waals surface area contributed by atoms with Crippen LogP contribution in [0, 0.1) is 5.92 Å². The van der Waals surface area contributed by atoms with E-state index in [1.165, 1.54) is 0 Å². The van der Waals surface area contributed by atoms with Gasteiger partial charge in [-0.2, -0.15) is 0 Å². The normalized spacial score (nSPS) is 22.6. The SMILES string of the molecule is C=CCN(CC=C)C(=O)C[C@@H]1CCC[C@H]1N.Cl. The first-order chi connectivity index (χ1) is 7.69. The summed E-state index contributed by atoms with van der Waals surface area (Å²) in [6.45, 7) is 8.50. The predicted molar refractivity (Wildman–Crippen MR) is 74.2 cm³/mol. The van der Waals surface area contributed by atoms with Gasteiger partial charge in [0.05, 0.1) is 0 Å². The summed E-state index contributed by atoms with van der Waals surface area (Å²) in [6, 6.07) is 0.207. The van der Waals surface area contributed by atoms with Crippen molar-refractivity contribution in [3.63, 3.8) is 0 Å². The summed E-state index contributed by atoms with van der Waals surface area (Å²) < 4.78 is 0. The lowest BCUT2D eigenvalue weighted by atomic mass is 9.99. The Labute approximate surface area is 110 Å². The van der Waals surface area contributed by atoms with Crippen molar-refractivity contribution in [2.75, 3.05) is 13.1 Å². The summed E-state index contributed by atoms with van der Waals surface area (Å²) in [5.41, 5.74) is 5.96. The molecular formula is C13H23ClN2O. The minimum Gasteiger partial charge on any atom is -0.335 e. The number of rotatable bonds is 6. The Morgan fingerprint density at radius 2 is 1.88 bits per heavy atom. The fraction of sp³-hybridized carbons (Fsp3) is 0.615. The topological polar surface area (TPSA) is 46.3 Å². The van der Waals surface area contributed by atoms with Gasteiger partial charge in [0.1, 0.15) is 0 Å². The fourth-order valence-corrected chi connectivity index (χ4v) is 2.26. The van der Waals surface area contributed by atoms with Crippen molar-refractivity contribution in [2.45, 2.75) is 31.7 Å². The summed E-state index contributed by atoms with van der Waals surface area (Å²) in [7, 11) is 0. The number of nitrogens with zero attached hydrogens (tertiary/aromatic N) is 1. The van der Waals surface area contributed by atoms with Gasteiger partial charge in [-0.15, -0.1) is 25.6 Å². The minimum atomic E-state index is 0. The van der Waals surface area contributed by atoms with Crippen LogP contribution in [-0.2, 0) is 4.79 Å². The van der Waals surface area contributed by atoms with E-state index >= 15 is 0 Å². The standard InChI is InChI=1S/C13H22N2O.ClH/c1-3-8-15(9-4-2)13(16)10-11-6-5-7-12(11)14;/h3-4,11-12H,1-2,5-10,14H2;1H/t11-,12+;/m0./s1. The molecule has 0 unspecified atom stereocenters. The second kappa shape index (κ2) is 8.31. The maximum absolute atomic E-state index is 12.0. The quantitative estimate of drug-likeness (QED) is 0.742. The van der Waals surface area contributed by atoms with Gasteiger partial charge in [-0.1, -0.05) is 18.6 Å². The number of amides is 1. The van der Waals surface area contributed by atoms with E-state index in [-0.39, 0.29) is 24.4 Å². The Bertz CT molecular complexity index is 258. The number of hydrogen-bond acceptors (Lipinski definition) is 2. The van der Waals surface area contributed by atoms with Crippen molar-refractivity contribution in [1.29, 1.82) is 0 Å². The molecule has 0 heterocycles. The molecule has 1 aliphatic carbocycles. The van der Waals surface area contributed by atoms with Crippen molar-refractivity contribution in [3.8, 4) is 0 Å². The van der Waals surface area contributed by atoms with Gasteiger partial charge in [-0.05, 0) is 18.8 Å². The molecule has 0 aromatic carbocycles. The molecule has 0 aromatic rings. The maximum Gasteiger partial charge on any atom is 0.223 e.